The van der Waals surface area contributed by atoms with E-state index in [9.17, 15) is 0 Å². The lowest BCUT2D eigenvalue weighted by Crippen LogP contribution is -2.42. The van der Waals surface area contributed by atoms with Gasteiger partial charge in [-0.25, -0.2) is 0 Å². The summed E-state index contributed by atoms with van der Waals surface area (Å²) in [6.45, 7) is 4.28. The molecule has 1 aromatic rings. The molecule has 6 heteroatoms. The molecule has 0 amide bonds. The van der Waals surface area contributed by atoms with Crippen LogP contribution in [0, 0.1) is 6.92 Å². The maximum absolute atomic E-state index is 6.12. The molecule has 1 aromatic carbocycles. The molecule has 3 rings (SSSR count). The van der Waals surface area contributed by atoms with E-state index in [1.165, 1.54) is 0 Å². The zero-order valence-corrected chi connectivity index (χ0v) is 14.2. The lowest BCUT2D eigenvalue weighted by atomic mass is 9.89. The fourth-order valence-corrected chi connectivity index (χ4v) is 3.67. The Morgan fingerprint density at radius 1 is 1.27 bits per heavy atom. The Labute approximate surface area is 140 Å². The fourth-order valence-electron chi connectivity index (χ4n) is 3.29. The van der Waals surface area contributed by atoms with E-state index in [4.69, 9.17) is 37.3 Å². The molecule has 1 saturated heterocycles. The van der Waals surface area contributed by atoms with Gasteiger partial charge in [-0.15, -0.1) is 0 Å². The summed E-state index contributed by atoms with van der Waals surface area (Å²) < 4.78 is 11.1. The number of hydrogen-bond acceptors (Lipinski definition) is 4. The number of ether oxygens (including phenoxy) is 1. The summed E-state index contributed by atoms with van der Waals surface area (Å²) in [7, 11) is 1.70. The van der Waals surface area contributed by atoms with Crippen LogP contribution in [0.3, 0.4) is 0 Å². The topological polar surface area (TPSA) is 30.9 Å². The molecule has 2 aliphatic heterocycles. The number of nitrogens with zero attached hydrogens (tertiary/aromatic N) is 1. The van der Waals surface area contributed by atoms with Crippen molar-refractivity contribution >= 4 is 29.0 Å². The second kappa shape index (κ2) is 6.38. The van der Waals surface area contributed by atoms with Crippen molar-refractivity contribution in [1.29, 1.82) is 0 Å². The fraction of sp³-hybridized carbons (Fsp3) is 0.500. The van der Waals surface area contributed by atoms with Crippen molar-refractivity contribution in [2.45, 2.75) is 25.4 Å². The van der Waals surface area contributed by atoms with E-state index in [1.807, 2.05) is 18.1 Å². The van der Waals surface area contributed by atoms with Crippen molar-refractivity contribution in [3.63, 3.8) is 0 Å². The zero-order valence-electron chi connectivity index (χ0n) is 12.7. The maximum atomic E-state index is 6.12. The van der Waals surface area contributed by atoms with Gasteiger partial charge >= 0.3 is 0 Å². The molecule has 0 radical (unpaired) electrons. The molecule has 2 aliphatic rings. The molecule has 4 nitrogen and oxygen atoms in total. The molecule has 0 aromatic heterocycles. The minimum Gasteiger partial charge on any atom is -0.385 e. The average molecular weight is 344 g/mol. The van der Waals surface area contributed by atoms with Gasteiger partial charge in [0.1, 0.15) is 11.9 Å². The van der Waals surface area contributed by atoms with E-state index in [2.05, 4.69) is 6.08 Å². The van der Waals surface area contributed by atoms with Gasteiger partial charge in [-0.05, 0) is 43.0 Å². The minimum absolute atomic E-state index is 0.208. The van der Waals surface area contributed by atoms with Crippen LogP contribution in [-0.2, 0) is 9.57 Å². The molecule has 2 heterocycles. The summed E-state index contributed by atoms with van der Waals surface area (Å²) in [5.74, 6) is 0.577. The smallest absolute Gasteiger partial charge is 0.155 e. The van der Waals surface area contributed by atoms with Gasteiger partial charge < -0.3 is 13.9 Å². The Hall–Kier alpha value is -0.780. The van der Waals surface area contributed by atoms with Crippen molar-refractivity contribution in [2.75, 3.05) is 26.8 Å². The molecule has 0 N–H and O–H groups in total. The van der Waals surface area contributed by atoms with Crippen LogP contribution in [0.2, 0.25) is 5.02 Å². The molecule has 120 valence electrons. The van der Waals surface area contributed by atoms with Gasteiger partial charge in [0, 0.05) is 29.7 Å². The number of hydroxylamine groups is 2. The highest BCUT2D eigenvalue weighted by molar-refractivity contribution is 6.31. The van der Waals surface area contributed by atoms with Gasteiger partial charge in [-0.3, -0.25) is 0 Å². The van der Waals surface area contributed by atoms with Gasteiger partial charge in [0.25, 0.3) is 0 Å². The van der Waals surface area contributed by atoms with E-state index < -0.39 is 0 Å². The number of rotatable bonds is 3. The first-order valence-electron chi connectivity index (χ1n) is 7.31. The molecule has 22 heavy (non-hydrogen) atoms. The van der Waals surface area contributed by atoms with E-state index in [0.717, 1.165) is 42.6 Å². The highest BCUT2D eigenvalue weighted by atomic mass is 35.5. The number of piperidine rings is 1. The maximum Gasteiger partial charge on any atom is 0.155 e. The third-order valence-electron chi connectivity index (χ3n) is 4.45. The molecular formula is C16H19Cl2NO3. The van der Waals surface area contributed by atoms with Gasteiger partial charge in [0.2, 0.25) is 0 Å². The van der Waals surface area contributed by atoms with E-state index in [0.29, 0.717) is 17.4 Å². The largest absolute Gasteiger partial charge is 0.385 e. The third-order valence-corrected chi connectivity index (χ3v) is 4.83. The first-order valence-corrected chi connectivity index (χ1v) is 7.99. The van der Waals surface area contributed by atoms with E-state index >= 15 is 0 Å². The van der Waals surface area contributed by atoms with E-state index in [1.54, 1.807) is 13.2 Å². The molecule has 0 atom stereocenters. The molecular weight excluding hydrogens is 325 g/mol. The first-order chi connectivity index (χ1) is 10.6. The summed E-state index contributed by atoms with van der Waals surface area (Å²) >= 11 is 11.7. The van der Waals surface area contributed by atoms with Crippen molar-refractivity contribution < 1.29 is 13.9 Å². The van der Waals surface area contributed by atoms with Gasteiger partial charge in [-0.2, -0.15) is 5.06 Å². The standard InChI is InChI=1S/C16H19Cl2NO3/c1-11-7-13(17)8-14(22-18)15(11)12-9-16(21-10-12)3-5-19(20-2)6-4-16/h7-9H,3-6,10H2,1-2H3. The second-order valence-corrected chi connectivity index (χ2v) is 6.40. The molecule has 0 saturated carbocycles. The van der Waals surface area contributed by atoms with Crippen LogP contribution in [0.25, 0.3) is 5.57 Å². The quantitative estimate of drug-likeness (QED) is 0.830. The Morgan fingerprint density at radius 3 is 2.64 bits per heavy atom. The van der Waals surface area contributed by atoms with Gasteiger partial charge in [-0.1, -0.05) is 11.6 Å². The summed E-state index contributed by atoms with van der Waals surface area (Å²) in [6.07, 6.45) is 4.04. The highest BCUT2D eigenvalue weighted by Crippen LogP contribution is 2.41. The van der Waals surface area contributed by atoms with E-state index in [-0.39, 0.29) is 5.60 Å². The second-order valence-electron chi connectivity index (χ2n) is 5.81. The van der Waals surface area contributed by atoms with Crippen molar-refractivity contribution in [2.24, 2.45) is 0 Å². The normalized spacial score (nSPS) is 21.2. The van der Waals surface area contributed by atoms with Crippen LogP contribution >= 0.6 is 23.5 Å². The Bertz CT molecular complexity index is 595. The average Bonchev–Trinajstić information content (AvgIpc) is 2.90. The third kappa shape index (κ3) is 2.99. The SMILES string of the molecule is CON1CCC2(C=C(c3c(C)cc(Cl)cc3OCl)CO2)CC1. The molecule has 0 unspecified atom stereocenters. The first kappa shape index (κ1) is 16.1. The van der Waals surface area contributed by atoms with Crippen molar-refractivity contribution in [3.05, 3.63) is 34.4 Å². The van der Waals surface area contributed by atoms with Crippen LogP contribution in [-0.4, -0.2) is 37.5 Å². The van der Waals surface area contributed by atoms with Crippen LogP contribution in [0.5, 0.6) is 5.75 Å². The Balaban J connectivity index is 1.90. The van der Waals surface area contributed by atoms with Gasteiger partial charge in [0.05, 0.1) is 19.3 Å². The molecule has 1 fully saturated rings. The van der Waals surface area contributed by atoms with Crippen LogP contribution in [0.15, 0.2) is 18.2 Å². The predicted molar refractivity (Wildman–Crippen MR) is 87.1 cm³/mol. The number of aryl methyl sites for hydroxylation is 1. The zero-order chi connectivity index (χ0) is 15.7. The molecule has 0 bridgehead atoms. The van der Waals surface area contributed by atoms with Crippen LogP contribution in [0.1, 0.15) is 24.0 Å². The summed E-state index contributed by atoms with van der Waals surface area (Å²) in [5, 5.41) is 2.57. The molecule has 1 spiro atoms. The van der Waals surface area contributed by atoms with Crippen molar-refractivity contribution in [3.8, 4) is 5.75 Å². The Morgan fingerprint density at radius 2 is 2.00 bits per heavy atom. The summed E-state index contributed by atoms with van der Waals surface area (Å²) in [5.41, 5.74) is 2.91. The lowest BCUT2D eigenvalue weighted by Gasteiger charge is -2.36. The van der Waals surface area contributed by atoms with Crippen molar-refractivity contribution in [1.82, 2.24) is 5.06 Å². The summed E-state index contributed by atoms with van der Waals surface area (Å²) in [6, 6.07) is 3.64. The Kier molecular flexibility index (Phi) is 4.67. The van der Waals surface area contributed by atoms with Crippen LogP contribution in [0.4, 0.5) is 0 Å². The number of halogens is 2. The number of hydrogen-bond donors (Lipinski definition) is 0. The minimum atomic E-state index is -0.208. The number of benzene rings is 1. The highest BCUT2D eigenvalue weighted by Gasteiger charge is 2.38. The summed E-state index contributed by atoms with van der Waals surface area (Å²) in [4.78, 5) is 5.28. The monoisotopic (exact) mass is 343 g/mol. The lowest BCUT2D eigenvalue weighted by molar-refractivity contribution is -0.169. The van der Waals surface area contributed by atoms with Crippen LogP contribution < -0.4 is 4.29 Å². The van der Waals surface area contributed by atoms with Gasteiger partial charge in [0.15, 0.2) is 5.75 Å². The predicted octanol–water partition coefficient (Wildman–Crippen LogP) is 3.99. The molecule has 0 aliphatic carbocycles.